The molecular formula is C17H27N3O. The number of benzene rings is 1. The predicted octanol–water partition coefficient (Wildman–Crippen LogP) is 2.71. The molecule has 0 radical (unpaired) electrons. The molecule has 0 spiro atoms. The Morgan fingerprint density at radius 3 is 2.67 bits per heavy atom. The number of carbonyl (C=O) groups excluding carboxylic acids is 1. The first-order valence-electron chi connectivity index (χ1n) is 7.90. The van der Waals surface area contributed by atoms with E-state index in [0.717, 1.165) is 13.1 Å². The van der Waals surface area contributed by atoms with Crippen molar-refractivity contribution in [2.24, 2.45) is 0 Å². The quantitative estimate of drug-likeness (QED) is 0.798. The van der Waals surface area contributed by atoms with Gasteiger partial charge in [0.1, 0.15) is 0 Å². The first-order valence-corrected chi connectivity index (χ1v) is 7.90. The summed E-state index contributed by atoms with van der Waals surface area (Å²) in [5.41, 5.74) is 4.00. The smallest absolute Gasteiger partial charge is 0.314 e. The van der Waals surface area contributed by atoms with Gasteiger partial charge >= 0.3 is 6.03 Å². The minimum absolute atomic E-state index is 0.124. The molecule has 1 heterocycles. The summed E-state index contributed by atoms with van der Waals surface area (Å²) in [5, 5.41) is 8.95. The van der Waals surface area contributed by atoms with Crippen LogP contribution in [-0.2, 0) is 6.54 Å². The van der Waals surface area contributed by atoms with Crippen molar-refractivity contribution in [1.82, 2.24) is 16.0 Å². The van der Waals surface area contributed by atoms with Crippen molar-refractivity contribution in [2.75, 3.05) is 20.1 Å². The van der Waals surface area contributed by atoms with Crippen molar-refractivity contribution in [1.29, 1.82) is 0 Å². The molecule has 1 saturated heterocycles. The number of carbonyl (C=O) groups is 1. The fourth-order valence-electron chi connectivity index (χ4n) is 2.93. The Hall–Kier alpha value is -1.55. The Kier molecular flexibility index (Phi) is 5.62. The zero-order valence-electron chi connectivity index (χ0n) is 13.3. The van der Waals surface area contributed by atoms with Gasteiger partial charge in [0.05, 0.1) is 0 Å². The molecule has 1 fully saturated rings. The standard InChI is InChI=1S/C17H27N3O/c1-12(2)14-4-5-16(13-6-8-19-9-7-13)15(10-14)11-20-17(21)18-3/h4-5,10,12-13,19H,6-9,11H2,1-3H3,(H2,18,20,21). The number of nitrogens with one attached hydrogen (secondary N) is 3. The highest BCUT2D eigenvalue weighted by atomic mass is 16.2. The van der Waals surface area contributed by atoms with Crippen LogP contribution in [-0.4, -0.2) is 26.2 Å². The molecule has 1 aromatic carbocycles. The zero-order valence-corrected chi connectivity index (χ0v) is 13.3. The van der Waals surface area contributed by atoms with Gasteiger partial charge in [-0.05, 0) is 54.5 Å². The van der Waals surface area contributed by atoms with Gasteiger partial charge in [-0.25, -0.2) is 4.79 Å². The molecule has 116 valence electrons. The van der Waals surface area contributed by atoms with Gasteiger partial charge in [-0.2, -0.15) is 0 Å². The van der Waals surface area contributed by atoms with Crippen LogP contribution in [0, 0.1) is 0 Å². The summed E-state index contributed by atoms with van der Waals surface area (Å²) >= 11 is 0. The molecule has 1 aromatic rings. The molecule has 2 amide bonds. The lowest BCUT2D eigenvalue weighted by Gasteiger charge is -2.26. The lowest BCUT2D eigenvalue weighted by molar-refractivity contribution is 0.242. The molecule has 1 aliphatic rings. The molecule has 1 aliphatic heterocycles. The molecule has 0 aliphatic carbocycles. The third kappa shape index (κ3) is 4.21. The van der Waals surface area contributed by atoms with Crippen molar-refractivity contribution in [2.45, 2.75) is 45.1 Å². The monoisotopic (exact) mass is 289 g/mol. The maximum Gasteiger partial charge on any atom is 0.314 e. The van der Waals surface area contributed by atoms with Crippen LogP contribution in [0.4, 0.5) is 4.79 Å². The van der Waals surface area contributed by atoms with E-state index in [4.69, 9.17) is 0 Å². The van der Waals surface area contributed by atoms with Crippen molar-refractivity contribution in [3.63, 3.8) is 0 Å². The number of amides is 2. The van der Waals surface area contributed by atoms with Crippen LogP contribution < -0.4 is 16.0 Å². The highest BCUT2D eigenvalue weighted by molar-refractivity contribution is 5.73. The molecule has 2 rings (SSSR count). The van der Waals surface area contributed by atoms with Crippen LogP contribution >= 0.6 is 0 Å². The number of rotatable bonds is 4. The van der Waals surface area contributed by atoms with E-state index in [1.54, 1.807) is 7.05 Å². The minimum Gasteiger partial charge on any atom is -0.341 e. The summed E-state index contributed by atoms with van der Waals surface area (Å²) < 4.78 is 0. The first-order chi connectivity index (χ1) is 10.1. The summed E-state index contributed by atoms with van der Waals surface area (Å²) in [7, 11) is 1.65. The molecule has 0 aromatic heterocycles. The molecule has 0 atom stereocenters. The molecule has 0 bridgehead atoms. The Morgan fingerprint density at radius 1 is 1.33 bits per heavy atom. The molecule has 4 nitrogen and oxygen atoms in total. The molecular weight excluding hydrogens is 262 g/mol. The number of hydrogen-bond donors (Lipinski definition) is 3. The summed E-state index contributed by atoms with van der Waals surface area (Å²) in [6.07, 6.45) is 2.35. The van der Waals surface area contributed by atoms with Crippen molar-refractivity contribution in [3.8, 4) is 0 Å². The zero-order chi connectivity index (χ0) is 15.2. The fourth-order valence-corrected chi connectivity index (χ4v) is 2.93. The molecule has 0 unspecified atom stereocenters. The topological polar surface area (TPSA) is 53.2 Å². The third-order valence-electron chi connectivity index (χ3n) is 4.28. The van der Waals surface area contributed by atoms with E-state index in [1.807, 2.05) is 0 Å². The summed E-state index contributed by atoms with van der Waals surface area (Å²) in [6.45, 7) is 7.17. The Balaban J connectivity index is 2.22. The van der Waals surface area contributed by atoms with E-state index >= 15 is 0 Å². The molecule has 3 N–H and O–H groups in total. The minimum atomic E-state index is -0.124. The maximum absolute atomic E-state index is 11.5. The number of urea groups is 1. The second kappa shape index (κ2) is 7.46. The van der Waals surface area contributed by atoms with Gasteiger partial charge in [-0.1, -0.05) is 32.0 Å². The van der Waals surface area contributed by atoms with E-state index in [0.29, 0.717) is 18.4 Å². The van der Waals surface area contributed by atoms with Gasteiger partial charge < -0.3 is 16.0 Å². The van der Waals surface area contributed by atoms with Crippen LogP contribution in [0.15, 0.2) is 18.2 Å². The van der Waals surface area contributed by atoms with Gasteiger partial charge in [0, 0.05) is 13.6 Å². The van der Waals surface area contributed by atoms with Crippen molar-refractivity contribution >= 4 is 6.03 Å². The van der Waals surface area contributed by atoms with Gasteiger partial charge in [0.15, 0.2) is 0 Å². The summed E-state index contributed by atoms with van der Waals surface area (Å²) in [5.74, 6) is 1.11. The third-order valence-corrected chi connectivity index (χ3v) is 4.28. The number of piperidine rings is 1. The Bertz CT molecular complexity index is 479. The second-order valence-corrected chi connectivity index (χ2v) is 6.07. The van der Waals surface area contributed by atoms with E-state index < -0.39 is 0 Å². The van der Waals surface area contributed by atoms with E-state index in [2.05, 4.69) is 48.0 Å². The molecule has 21 heavy (non-hydrogen) atoms. The maximum atomic E-state index is 11.5. The molecule has 4 heteroatoms. The van der Waals surface area contributed by atoms with Gasteiger partial charge in [0.25, 0.3) is 0 Å². The number of hydrogen-bond acceptors (Lipinski definition) is 2. The van der Waals surface area contributed by atoms with E-state index in [1.165, 1.54) is 29.5 Å². The summed E-state index contributed by atoms with van der Waals surface area (Å²) in [4.78, 5) is 11.5. The highest BCUT2D eigenvalue weighted by Gasteiger charge is 2.19. The van der Waals surface area contributed by atoms with Gasteiger partial charge in [0.2, 0.25) is 0 Å². The Labute approximate surface area is 127 Å². The van der Waals surface area contributed by atoms with Crippen molar-refractivity contribution in [3.05, 3.63) is 34.9 Å². The van der Waals surface area contributed by atoms with Crippen LogP contribution in [0.25, 0.3) is 0 Å². The SMILES string of the molecule is CNC(=O)NCc1cc(C(C)C)ccc1C1CCNCC1. The summed E-state index contributed by atoms with van der Waals surface area (Å²) in [6, 6.07) is 6.65. The van der Waals surface area contributed by atoms with E-state index in [-0.39, 0.29) is 6.03 Å². The highest BCUT2D eigenvalue weighted by Crippen LogP contribution is 2.30. The van der Waals surface area contributed by atoms with Crippen LogP contribution in [0.2, 0.25) is 0 Å². The largest absolute Gasteiger partial charge is 0.341 e. The van der Waals surface area contributed by atoms with Gasteiger partial charge in [-0.15, -0.1) is 0 Å². The normalized spacial score (nSPS) is 16.0. The fraction of sp³-hybridized carbons (Fsp3) is 0.588. The van der Waals surface area contributed by atoms with E-state index in [9.17, 15) is 4.79 Å². The van der Waals surface area contributed by atoms with Gasteiger partial charge in [-0.3, -0.25) is 0 Å². The molecule has 0 saturated carbocycles. The van der Waals surface area contributed by atoms with Crippen LogP contribution in [0.3, 0.4) is 0 Å². The lowest BCUT2D eigenvalue weighted by atomic mass is 9.85. The van der Waals surface area contributed by atoms with Crippen LogP contribution in [0.1, 0.15) is 55.2 Å². The average molecular weight is 289 g/mol. The second-order valence-electron chi connectivity index (χ2n) is 6.07. The first kappa shape index (κ1) is 15.8. The predicted molar refractivity (Wildman–Crippen MR) is 86.7 cm³/mol. The lowest BCUT2D eigenvalue weighted by Crippen LogP contribution is -2.33. The average Bonchev–Trinajstić information content (AvgIpc) is 2.53. The Morgan fingerprint density at radius 2 is 2.05 bits per heavy atom. The van der Waals surface area contributed by atoms with Crippen molar-refractivity contribution < 1.29 is 4.79 Å². The van der Waals surface area contributed by atoms with Crippen LogP contribution in [0.5, 0.6) is 0 Å².